The average Bonchev–Trinajstić information content (AvgIpc) is 2.37. The van der Waals surface area contributed by atoms with Crippen LogP contribution in [-0.4, -0.2) is 47.1 Å². The number of hydrogen-bond acceptors (Lipinski definition) is 6. The quantitative estimate of drug-likeness (QED) is 0.339. The first-order valence-corrected chi connectivity index (χ1v) is 8.86. The molecule has 0 heterocycles. The van der Waals surface area contributed by atoms with Gasteiger partial charge in [-0.3, -0.25) is 9.59 Å². The number of ether oxygens (including phenoxy) is 1. The third-order valence-electron chi connectivity index (χ3n) is 2.11. The van der Waals surface area contributed by atoms with Gasteiger partial charge in [-0.2, -0.15) is 0 Å². The number of carbonyl (C=O) groups excluding carboxylic acids is 2. The van der Waals surface area contributed by atoms with Crippen LogP contribution in [0.15, 0.2) is 0 Å². The van der Waals surface area contributed by atoms with E-state index in [1.54, 1.807) is 21.6 Å². The molecule has 0 bridgehead atoms. The number of carbonyl (C=O) groups is 3. The summed E-state index contributed by atoms with van der Waals surface area (Å²) in [6.07, 6.45) is 1.12. The summed E-state index contributed by atoms with van der Waals surface area (Å²) in [5, 5.41) is 11.1. The molecule has 0 aliphatic heterocycles. The molecule has 0 saturated heterocycles. The molecule has 8 heteroatoms. The van der Waals surface area contributed by atoms with Gasteiger partial charge < -0.3 is 15.2 Å². The van der Waals surface area contributed by atoms with Gasteiger partial charge in [-0.1, -0.05) is 28.5 Å². The van der Waals surface area contributed by atoms with Crippen LogP contribution in [0.3, 0.4) is 0 Å². The topological polar surface area (TPSA) is 92.7 Å². The molecule has 1 unspecified atom stereocenters. The molecule has 0 aromatic carbocycles. The Morgan fingerprint density at radius 3 is 2.45 bits per heavy atom. The third kappa shape index (κ3) is 11.0. The maximum absolute atomic E-state index is 11.4. The van der Waals surface area contributed by atoms with Crippen LogP contribution >= 0.6 is 21.6 Å². The number of carboxylic acid groups (broad SMARTS) is 1. The van der Waals surface area contributed by atoms with Crippen molar-refractivity contribution in [1.82, 2.24) is 5.32 Å². The molecular weight excluding hydrogens is 302 g/mol. The van der Waals surface area contributed by atoms with Gasteiger partial charge in [-0.15, -0.1) is 0 Å². The predicted octanol–water partition coefficient (Wildman–Crippen LogP) is 1.69. The summed E-state index contributed by atoms with van der Waals surface area (Å²) >= 11 is 0. The molecule has 0 aliphatic carbocycles. The van der Waals surface area contributed by atoms with E-state index in [0.29, 0.717) is 12.4 Å². The van der Waals surface area contributed by atoms with E-state index in [1.807, 2.05) is 0 Å². The zero-order chi connectivity index (χ0) is 15.4. The third-order valence-corrected chi connectivity index (χ3v) is 4.69. The average molecular weight is 323 g/mol. The maximum Gasteiger partial charge on any atom is 0.326 e. The molecule has 0 fully saturated rings. The van der Waals surface area contributed by atoms with E-state index in [9.17, 15) is 14.4 Å². The molecule has 0 aromatic heterocycles. The van der Waals surface area contributed by atoms with E-state index in [-0.39, 0.29) is 12.8 Å². The first kappa shape index (κ1) is 19.1. The van der Waals surface area contributed by atoms with Gasteiger partial charge in [0.2, 0.25) is 5.91 Å². The summed E-state index contributed by atoms with van der Waals surface area (Å²) in [6, 6.07) is -1.05. The van der Waals surface area contributed by atoms with Gasteiger partial charge >= 0.3 is 11.9 Å². The van der Waals surface area contributed by atoms with Crippen LogP contribution in [0.25, 0.3) is 0 Å². The highest BCUT2D eigenvalue weighted by molar-refractivity contribution is 8.76. The molecule has 0 saturated carbocycles. The van der Waals surface area contributed by atoms with Gasteiger partial charge in [0.1, 0.15) is 12.6 Å². The first-order chi connectivity index (χ1) is 9.47. The van der Waals surface area contributed by atoms with Crippen LogP contribution in [0, 0.1) is 0 Å². The summed E-state index contributed by atoms with van der Waals surface area (Å²) < 4.78 is 4.98. The Balaban J connectivity index is 3.74. The smallest absolute Gasteiger partial charge is 0.326 e. The standard InChI is InChI=1S/C12H21NO5S2/c1-3-7-19-20-8-6-18-11(15)5-4-10(12(16)17)13-9(2)14/h10H,3-8H2,1-2H3,(H,13,14)(H,16,17). The monoisotopic (exact) mass is 323 g/mol. The number of amides is 1. The summed E-state index contributed by atoms with van der Waals surface area (Å²) in [5.74, 6) is -0.252. The molecule has 0 spiro atoms. The Morgan fingerprint density at radius 2 is 1.90 bits per heavy atom. The Bertz CT molecular complexity index is 325. The molecule has 0 rings (SSSR count). The van der Waals surface area contributed by atoms with Gasteiger partial charge in [0, 0.05) is 24.9 Å². The molecule has 0 radical (unpaired) electrons. The highest BCUT2D eigenvalue weighted by atomic mass is 33.1. The summed E-state index contributed by atoms with van der Waals surface area (Å²) in [5.41, 5.74) is 0. The van der Waals surface area contributed by atoms with Gasteiger partial charge in [0.15, 0.2) is 0 Å². The Morgan fingerprint density at radius 1 is 1.25 bits per heavy atom. The number of hydrogen-bond donors (Lipinski definition) is 2. The lowest BCUT2D eigenvalue weighted by Crippen LogP contribution is -2.39. The van der Waals surface area contributed by atoms with Gasteiger partial charge in [0.25, 0.3) is 0 Å². The lowest BCUT2D eigenvalue weighted by molar-refractivity contribution is -0.145. The minimum atomic E-state index is -1.15. The molecule has 6 nitrogen and oxygen atoms in total. The number of esters is 1. The van der Waals surface area contributed by atoms with Gasteiger partial charge in [-0.25, -0.2) is 4.79 Å². The van der Waals surface area contributed by atoms with Crippen molar-refractivity contribution in [1.29, 1.82) is 0 Å². The van der Waals surface area contributed by atoms with Crippen molar-refractivity contribution in [3.8, 4) is 0 Å². The van der Waals surface area contributed by atoms with Crippen molar-refractivity contribution < 1.29 is 24.2 Å². The van der Waals surface area contributed by atoms with Crippen LogP contribution in [0.2, 0.25) is 0 Å². The fourth-order valence-electron chi connectivity index (χ4n) is 1.23. The summed E-state index contributed by atoms with van der Waals surface area (Å²) in [4.78, 5) is 33.0. The van der Waals surface area contributed by atoms with Crippen LogP contribution in [0.4, 0.5) is 0 Å². The molecule has 116 valence electrons. The van der Waals surface area contributed by atoms with E-state index in [0.717, 1.165) is 12.2 Å². The molecule has 20 heavy (non-hydrogen) atoms. The molecule has 1 amide bonds. The molecule has 2 N–H and O–H groups in total. The molecular formula is C12H21NO5S2. The van der Waals surface area contributed by atoms with E-state index in [4.69, 9.17) is 9.84 Å². The second kappa shape index (κ2) is 11.9. The lowest BCUT2D eigenvalue weighted by Gasteiger charge is -2.12. The number of rotatable bonds is 11. The van der Waals surface area contributed by atoms with Crippen molar-refractivity contribution in [2.45, 2.75) is 39.2 Å². The Kier molecular flexibility index (Phi) is 11.4. The lowest BCUT2D eigenvalue weighted by atomic mass is 10.1. The second-order valence-electron chi connectivity index (χ2n) is 3.99. The van der Waals surface area contributed by atoms with Crippen molar-refractivity contribution in [2.75, 3.05) is 18.1 Å². The number of nitrogens with one attached hydrogen (secondary N) is 1. The van der Waals surface area contributed by atoms with E-state index in [2.05, 4.69) is 12.2 Å². The van der Waals surface area contributed by atoms with Crippen LogP contribution in [0.1, 0.15) is 33.1 Å². The Hall–Kier alpha value is -0.890. The molecule has 0 aliphatic rings. The number of aliphatic carboxylic acids is 1. The van der Waals surface area contributed by atoms with Crippen LogP contribution in [0.5, 0.6) is 0 Å². The first-order valence-electron chi connectivity index (χ1n) is 6.37. The van der Waals surface area contributed by atoms with Crippen molar-refractivity contribution in [2.24, 2.45) is 0 Å². The SMILES string of the molecule is CCCSSCCOC(=O)CCC(NC(C)=O)C(=O)O. The second-order valence-corrected chi connectivity index (χ2v) is 6.70. The number of carboxylic acids is 1. The van der Waals surface area contributed by atoms with E-state index in [1.165, 1.54) is 6.92 Å². The minimum absolute atomic E-state index is 0.0238. The summed E-state index contributed by atoms with van der Waals surface area (Å²) in [7, 11) is 3.38. The molecule has 1 atom stereocenters. The van der Waals surface area contributed by atoms with Gasteiger partial charge in [-0.05, 0) is 12.8 Å². The highest BCUT2D eigenvalue weighted by Crippen LogP contribution is 2.21. The molecule has 0 aromatic rings. The maximum atomic E-state index is 11.4. The fraction of sp³-hybridized carbons (Fsp3) is 0.750. The zero-order valence-corrected chi connectivity index (χ0v) is 13.3. The fourth-order valence-corrected chi connectivity index (χ4v) is 3.19. The zero-order valence-electron chi connectivity index (χ0n) is 11.7. The van der Waals surface area contributed by atoms with Crippen molar-refractivity contribution >= 4 is 39.4 Å². The Labute approximate surface area is 126 Å². The van der Waals surface area contributed by atoms with Crippen molar-refractivity contribution in [3.05, 3.63) is 0 Å². The largest absolute Gasteiger partial charge is 0.480 e. The van der Waals surface area contributed by atoms with Crippen LogP contribution < -0.4 is 5.32 Å². The highest BCUT2D eigenvalue weighted by Gasteiger charge is 2.19. The van der Waals surface area contributed by atoms with Crippen molar-refractivity contribution in [3.63, 3.8) is 0 Å². The normalized spacial score (nSPS) is 11.7. The minimum Gasteiger partial charge on any atom is -0.480 e. The van der Waals surface area contributed by atoms with Gasteiger partial charge in [0.05, 0.1) is 0 Å². The van der Waals surface area contributed by atoms with Crippen LogP contribution in [-0.2, 0) is 19.1 Å². The predicted molar refractivity (Wildman–Crippen MR) is 80.6 cm³/mol. The summed E-state index contributed by atoms with van der Waals surface area (Å²) in [6.45, 7) is 3.65. The van der Waals surface area contributed by atoms with E-state index >= 15 is 0 Å². The van der Waals surface area contributed by atoms with E-state index < -0.39 is 23.9 Å².